The van der Waals surface area contributed by atoms with Crippen molar-refractivity contribution in [3.63, 3.8) is 0 Å². The van der Waals surface area contributed by atoms with Gasteiger partial charge in [0.15, 0.2) is 0 Å². The van der Waals surface area contributed by atoms with Crippen LogP contribution in [0, 0.1) is 0 Å². The molecule has 1 heterocycles. The number of benzene rings is 4. The van der Waals surface area contributed by atoms with E-state index in [1.165, 1.54) is 18.5 Å². The molecule has 0 aliphatic carbocycles. The fraction of sp³-hybridized carbons (Fsp3) is 0.143. The number of para-hydroxylation sites is 3. The van der Waals surface area contributed by atoms with Gasteiger partial charge in [-0.25, -0.2) is 0 Å². The monoisotopic (exact) mass is 408 g/mol. The van der Waals surface area contributed by atoms with Crippen LogP contribution < -0.4 is 10.6 Å². The average Bonchev–Trinajstić information content (AvgIpc) is 3.21. The summed E-state index contributed by atoms with van der Waals surface area (Å²) in [6.07, 6.45) is 2.49. The molecule has 0 atom stereocenters. The molecule has 0 bridgehead atoms. The van der Waals surface area contributed by atoms with E-state index in [1.54, 1.807) is 0 Å². The summed E-state index contributed by atoms with van der Waals surface area (Å²) < 4.78 is 5.89. The molecule has 4 aromatic carbocycles. The number of hydrogen-bond acceptors (Lipinski definition) is 3. The molecule has 0 aliphatic heterocycles. The molecule has 1 aromatic heterocycles. The number of unbranched alkanes of at least 4 members (excludes halogenated alkanes) is 1. The molecule has 0 saturated carbocycles. The van der Waals surface area contributed by atoms with Crippen LogP contribution in [0.1, 0.15) is 19.8 Å². The summed E-state index contributed by atoms with van der Waals surface area (Å²) in [5.41, 5.74) is 5.20. The van der Waals surface area contributed by atoms with Crippen molar-refractivity contribution in [1.82, 2.24) is 0 Å². The summed E-state index contributed by atoms with van der Waals surface area (Å²) in [6.45, 7) is 3.28. The summed E-state index contributed by atoms with van der Waals surface area (Å²) >= 11 is 0. The Kier molecular flexibility index (Phi) is 6.86. The van der Waals surface area contributed by atoms with E-state index in [-0.39, 0.29) is 0 Å². The summed E-state index contributed by atoms with van der Waals surface area (Å²) in [5, 5.41) is 9.08. The average molecular weight is 409 g/mol. The molecule has 5 aromatic rings. The molecule has 0 spiro atoms. The predicted octanol–water partition coefficient (Wildman–Crippen LogP) is 8.23. The van der Waals surface area contributed by atoms with Crippen LogP contribution in [0.25, 0.3) is 21.9 Å². The molecule has 0 amide bonds. The Balaban J connectivity index is 0.000000180. The van der Waals surface area contributed by atoms with Gasteiger partial charge in [0.05, 0.1) is 11.1 Å². The summed E-state index contributed by atoms with van der Waals surface area (Å²) in [4.78, 5) is 0. The lowest BCUT2D eigenvalue weighted by Gasteiger charge is -2.07. The zero-order chi connectivity index (χ0) is 21.3. The second kappa shape index (κ2) is 10.4. The van der Waals surface area contributed by atoms with Gasteiger partial charge in [0, 0.05) is 23.3 Å². The summed E-state index contributed by atoms with van der Waals surface area (Å²) in [7, 11) is 0. The van der Waals surface area contributed by atoms with Crippen molar-refractivity contribution in [1.29, 1.82) is 0 Å². The van der Waals surface area contributed by atoms with E-state index in [1.807, 2.05) is 66.7 Å². The van der Waals surface area contributed by atoms with Crippen molar-refractivity contribution in [3.05, 3.63) is 103 Å². The summed E-state index contributed by atoms with van der Waals surface area (Å²) in [5.74, 6) is 0. The Morgan fingerprint density at radius 1 is 0.645 bits per heavy atom. The second-order valence-corrected chi connectivity index (χ2v) is 7.41. The smallest absolute Gasteiger partial charge is 0.137 e. The highest BCUT2D eigenvalue weighted by molar-refractivity contribution is 6.11. The van der Waals surface area contributed by atoms with E-state index in [0.717, 1.165) is 39.9 Å². The Bertz CT molecular complexity index is 1210. The van der Waals surface area contributed by atoms with Crippen molar-refractivity contribution < 1.29 is 4.42 Å². The van der Waals surface area contributed by atoms with Crippen molar-refractivity contribution in [2.45, 2.75) is 19.8 Å². The first-order chi connectivity index (χ1) is 15.3. The minimum Gasteiger partial charge on any atom is -0.456 e. The molecule has 3 heteroatoms. The first-order valence-corrected chi connectivity index (χ1v) is 10.9. The molecular formula is C28H28N2O. The second-order valence-electron chi connectivity index (χ2n) is 7.41. The zero-order valence-electron chi connectivity index (χ0n) is 17.8. The van der Waals surface area contributed by atoms with E-state index in [2.05, 4.69) is 54.0 Å². The van der Waals surface area contributed by atoms with Crippen LogP contribution in [-0.2, 0) is 0 Å². The number of hydrogen-bond donors (Lipinski definition) is 2. The van der Waals surface area contributed by atoms with E-state index in [0.29, 0.717) is 0 Å². The van der Waals surface area contributed by atoms with Gasteiger partial charge in [-0.1, -0.05) is 74.0 Å². The van der Waals surface area contributed by atoms with Gasteiger partial charge in [0.2, 0.25) is 0 Å². The van der Waals surface area contributed by atoms with Gasteiger partial charge in [0.1, 0.15) is 11.2 Å². The molecule has 0 radical (unpaired) electrons. The number of anilines is 3. The maximum Gasteiger partial charge on any atom is 0.137 e. The van der Waals surface area contributed by atoms with Crippen LogP contribution in [-0.4, -0.2) is 6.54 Å². The highest BCUT2D eigenvalue weighted by Crippen LogP contribution is 2.35. The maximum atomic E-state index is 5.89. The molecule has 5 rings (SSSR count). The topological polar surface area (TPSA) is 37.2 Å². The van der Waals surface area contributed by atoms with Gasteiger partial charge in [-0.2, -0.15) is 0 Å². The lowest BCUT2D eigenvalue weighted by Crippen LogP contribution is -1.99. The van der Waals surface area contributed by atoms with Gasteiger partial charge in [-0.05, 0) is 48.9 Å². The first-order valence-electron chi connectivity index (χ1n) is 10.9. The fourth-order valence-electron chi connectivity index (χ4n) is 3.52. The normalized spacial score (nSPS) is 10.5. The molecule has 0 aliphatic rings. The van der Waals surface area contributed by atoms with Crippen molar-refractivity contribution >= 4 is 39.0 Å². The standard InChI is InChI=1S/C18H13NO.C10H15N/c1-2-7-13(8-3-1)19-15-10-6-12-17-18(15)14-9-4-5-11-16(14)20-17;1-2-3-9-11-10-7-5-4-6-8-10/h1-12,19H;4-8,11H,2-3,9H2,1H3. The minimum absolute atomic E-state index is 0.909. The maximum absolute atomic E-state index is 5.89. The Morgan fingerprint density at radius 3 is 2.03 bits per heavy atom. The molecule has 2 N–H and O–H groups in total. The lowest BCUT2D eigenvalue weighted by atomic mass is 10.1. The third-order valence-electron chi connectivity index (χ3n) is 5.09. The van der Waals surface area contributed by atoms with Gasteiger partial charge in [-0.15, -0.1) is 0 Å². The SMILES string of the molecule is CCCCNc1ccccc1.c1ccc(Nc2cccc3oc4ccccc4c23)cc1. The van der Waals surface area contributed by atoms with Crippen molar-refractivity contribution in [2.24, 2.45) is 0 Å². The van der Waals surface area contributed by atoms with E-state index >= 15 is 0 Å². The molecule has 31 heavy (non-hydrogen) atoms. The Labute approximate surface area is 183 Å². The molecular weight excluding hydrogens is 380 g/mol. The van der Waals surface area contributed by atoms with Crippen LogP contribution in [0.2, 0.25) is 0 Å². The van der Waals surface area contributed by atoms with E-state index in [4.69, 9.17) is 4.42 Å². The van der Waals surface area contributed by atoms with Gasteiger partial charge in [-0.3, -0.25) is 0 Å². The highest BCUT2D eigenvalue weighted by atomic mass is 16.3. The third-order valence-corrected chi connectivity index (χ3v) is 5.09. The predicted molar refractivity (Wildman–Crippen MR) is 133 cm³/mol. The highest BCUT2D eigenvalue weighted by Gasteiger charge is 2.10. The largest absolute Gasteiger partial charge is 0.456 e. The molecule has 0 unspecified atom stereocenters. The quantitative estimate of drug-likeness (QED) is 0.278. The van der Waals surface area contributed by atoms with Crippen LogP contribution in [0.3, 0.4) is 0 Å². The molecule has 0 saturated heterocycles. The van der Waals surface area contributed by atoms with Gasteiger partial charge in [0.25, 0.3) is 0 Å². The van der Waals surface area contributed by atoms with Crippen molar-refractivity contribution in [2.75, 3.05) is 17.2 Å². The third kappa shape index (κ3) is 5.26. The summed E-state index contributed by atoms with van der Waals surface area (Å²) in [6, 6.07) is 34.7. The minimum atomic E-state index is 0.909. The number of furan rings is 1. The van der Waals surface area contributed by atoms with Crippen LogP contribution in [0.4, 0.5) is 17.1 Å². The Hall–Kier alpha value is -3.72. The van der Waals surface area contributed by atoms with Crippen molar-refractivity contribution in [3.8, 4) is 0 Å². The van der Waals surface area contributed by atoms with Gasteiger partial charge < -0.3 is 15.1 Å². The van der Waals surface area contributed by atoms with Crippen LogP contribution >= 0.6 is 0 Å². The zero-order valence-corrected chi connectivity index (χ0v) is 17.8. The number of nitrogens with one attached hydrogen (secondary N) is 2. The Morgan fingerprint density at radius 2 is 1.29 bits per heavy atom. The molecule has 0 fully saturated rings. The number of rotatable bonds is 6. The molecule has 156 valence electrons. The fourth-order valence-corrected chi connectivity index (χ4v) is 3.52. The van der Waals surface area contributed by atoms with E-state index < -0.39 is 0 Å². The number of fused-ring (bicyclic) bond motifs is 3. The van der Waals surface area contributed by atoms with E-state index in [9.17, 15) is 0 Å². The first kappa shape index (κ1) is 20.5. The molecule has 3 nitrogen and oxygen atoms in total. The van der Waals surface area contributed by atoms with Gasteiger partial charge >= 0.3 is 0 Å². The lowest BCUT2D eigenvalue weighted by molar-refractivity contribution is 0.669. The van der Waals surface area contributed by atoms with Crippen LogP contribution in [0.15, 0.2) is 108 Å². The van der Waals surface area contributed by atoms with Crippen LogP contribution in [0.5, 0.6) is 0 Å².